The number of hydrogen-bond acceptors (Lipinski definition) is 3. The normalized spacial score (nSPS) is 16.9. The van der Waals surface area contributed by atoms with Gasteiger partial charge in [0.25, 0.3) is 5.91 Å². The molecular formula is C15H24N4O. The summed E-state index contributed by atoms with van der Waals surface area (Å²) in [6.45, 7) is 11.2. The fourth-order valence-electron chi connectivity index (χ4n) is 2.53. The average Bonchev–Trinajstić information content (AvgIpc) is 2.78. The lowest BCUT2D eigenvalue weighted by Crippen LogP contribution is -2.35. The predicted molar refractivity (Wildman–Crippen MR) is 79.7 cm³/mol. The van der Waals surface area contributed by atoms with Crippen molar-refractivity contribution in [1.82, 2.24) is 19.6 Å². The molecule has 1 aliphatic heterocycles. The van der Waals surface area contributed by atoms with Gasteiger partial charge in [-0.05, 0) is 18.9 Å². The highest BCUT2D eigenvalue weighted by Crippen LogP contribution is 2.08. The minimum absolute atomic E-state index is 0.0558. The summed E-state index contributed by atoms with van der Waals surface area (Å²) in [5.74, 6) is 0.0558. The molecule has 0 atom stereocenters. The molecule has 110 valence electrons. The number of hydrogen-bond donors (Lipinski definition) is 0. The molecule has 1 aromatic rings. The second-order valence-corrected chi connectivity index (χ2v) is 5.20. The summed E-state index contributed by atoms with van der Waals surface area (Å²) in [5.41, 5.74) is 0.565. The molecule has 1 saturated heterocycles. The average molecular weight is 276 g/mol. The van der Waals surface area contributed by atoms with Crippen molar-refractivity contribution in [3.63, 3.8) is 0 Å². The van der Waals surface area contributed by atoms with Gasteiger partial charge in [-0.3, -0.25) is 14.4 Å². The number of aromatic nitrogens is 2. The minimum Gasteiger partial charge on any atom is -0.336 e. The number of aryl methyl sites for hydroxylation is 1. The molecule has 0 unspecified atom stereocenters. The maximum Gasteiger partial charge on any atom is 0.274 e. The molecule has 1 amide bonds. The standard InChI is InChI=1S/C15H24N4O/c1-3-7-17-9-5-10-18(13-12-17)15(20)14-6-11-19(16-14)8-4-2/h3,6,11H,1,4-5,7-10,12-13H2,2H3. The summed E-state index contributed by atoms with van der Waals surface area (Å²) in [4.78, 5) is 16.7. The van der Waals surface area contributed by atoms with Crippen molar-refractivity contribution < 1.29 is 4.79 Å². The lowest BCUT2D eigenvalue weighted by atomic mass is 10.3. The first-order chi connectivity index (χ1) is 9.74. The Kier molecular flexibility index (Phi) is 5.35. The fourth-order valence-corrected chi connectivity index (χ4v) is 2.53. The molecule has 5 heteroatoms. The van der Waals surface area contributed by atoms with E-state index in [1.165, 1.54) is 0 Å². The lowest BCUT2D eigenvalue weighted by molar-refractivity contribution is 0.0755. The van der Waals surface area contributed by atoms with Crippen molar-refractivity contribution in [2.75, 3.05) is 32.7 Å². The van der Waals surface area contributed by atoms with E-state index in [1.807, 2.05) is 27.9 Å². The van der Waals surface area contributed by atoms with Crippen LogP contribution in [0.25, 0.3) is 0 Å². The van der Waals surface area contributed by atoms with E-state index in [0.717, 1.165) is 52.1 Å². The molecule has 5 nitrogen and oxygen atoms in total. The molecule has 0 spiro atoms. The molecule has 1 fully saturated rings. The third-order valence-electron chi connectivity index (χ3n) is 3.58. The summed E-state index contributed by atoms with van der Waals surface area (Å²) in [6, 6.07) is 1.82. The number of carbonyl (C=O) groups excluding carboxylic acids is 1. The van der Waals surface area contributed by atoms with Crippen molar-refractivity contribution in [3.05, 3.63) is 30.6 Å². The Balaban J connectivity index is 1.95. The van der Waals surface area contributed by atoms with Crippen LogP contribution < -0.4 is 0 Å². The van der Waals surface area contributed by atoms with Gasteiger partial charge in [-0.1, -0.05) is 13.0 Å². The monoisotopic (exact) mass is 276 g/mol. The zero-order chi connectivity index (χ0) is 14.4. The minimum atomic E-state index is 0.0558. The molecule has 0 N–H and O–H groups in total. The number of carbonyl (C=O) groups is 1. The van der Waals surface area contributed by atoms with E-state index in [2.05, 4.69) is 23.5 Å². The summed E-state index contributed by atoms with van der Waals surface area (Å²) >= 11 is 0. The van der Waals surface area contributed by atoms with Crippen LogP contribution in [-0.2, 0) is 6.54 Å². The first kappa shape index (κ1) is 14.8. The van der Waals surface area contributed by atoms with Gasteiger partial charge < -0.3 is 4.90 Å². The quantitative estimate of drug-likeness (QED) is 0.768. The van der Waals surface area contributed by atoms with Gasteiger partial charge in [0.15, 0.2) is 0 Å². The van der Waals surface area contributed by atoms with Gasteiger partial charge >= 0.3 is 0 Å². The Morgan fingerprint density at radius 3 is 3.00 bits per heavy atom. The van der Waals surface area contributed by atoms with E-state index in [-0.39, 0.29) is 5.91 Å². The Labute approximate surface area is 120 Å². The highest BCUT2D eigenvalue weighted by molar-refractivity contribution is 5.92. The first-order valence-corrected chi connectivity index (χ1v) is 7.40. The summed E-state index contributed by atoms with van der Waals surface area (Å²) in [7, 11) is 0. The van der Waals surface area contributed by atoms with Gasteiger partial charge in [-0.25, -0.2) is 0 Å². The predicted octanol–water partition coefficient (Wildman–Crippen LogP) is 1.63. The van der Waals surface area contributed by atoms with Gasteiger partial charge in [0, 0.05) is 45.5 Å². The molecule has 0 aliphatic carbocycles. The van der Waals surface area contributed by atoms with Gasteiger partial charge in [-0.2, -0.15) is 5.10 Å². The summed E-state index contributed by atoms with van der Waals surface area (Å²) in [6.07, 6.45) is 5.84. The topological polar surface area (TPSA) is 41.4 Å². The van der Waals surface area contributed by atoms with Crippen molar-refractivity contribution >= 4 is 5.91 Å². The Morgan fingerprint density at radius 1 is 1.40 bits per heavy atom. The van der Waals surface area contributed by atoms with E-state index in [0.29, 0.717) is 5.69 Å². The van der Waals surface area contributed by atoms with Crippen LogP contribution in [0.5, 0.6) is 0 Å². The molecule has 0 radical (unpaired) electrons. The molecule has 0 saturated carbocycles. The number of amides is 1. The van der Waals surface area contributed by atoms with Crippen molar-refractivity contribution in [2.45, 2.75) is 26.3 Å². The van der Waals surface area contributed by atoms with Crippen LogP contribution in [0.15, 0.2) is 24.9 Å². The maximum absolute atomic E-state index is 12.4. The van der Waals surface area contributed by atoms with Crippen molar-refractivity contribution in [2.24, 2.45) is 0 Å². The number of nitrogens with zero attached hydrogens (tertiary/aromatic N) is 4. The fraction of sp³-hybridized carbons (Fsp3) is 0.600. The van der Waals surface area contributed by atoms with Gasteiger partial charge in [0.2, 0.25) is 0 Å². The SMILES string of the molecule is C=CCN1CCCN(C(=O)c2ccn(CCC)n2)CC1. The second kappa shape index (κ2) is 7.24. The first-order valence-electron chi connectivity index (χ1n) is 7.40. The third kappa shape index (κ3) is 3.70. The highest BCUT2D eigenvalue weighted by atomic mass is 16.2. The van der Waals surface area contributed by atoms with Crippen LogP contribution in [0.3, 0.4) is 0 Å². The number of rotatable bonds is 5. The lowest BCUT2D eigenvalue weighted by Gasteiger charge is -2.20. The van der Waals surface area contributed by atoms with Crippen LogP contribution in [0.2, 0.25) is 0 Å². The zero-order valence-corrected chi connectivity index (χ0v) is 12.3. The van der Waals surface area contributed by atoms with Crippen LogP contribution in [0.4, 0.5) is 0 Å². The Hall–Kier alpha value is -1.62. The van der Waals surface area contributed by atoms with Crippen LogP contribution in [-0.4, -0.2) is 58.2 Å². The van der Waals surface area contributed by atoms with Crippen LogP contribution in [0.1, 0.15) is 30.3 Å². The Bertz CT molecular complexity index is 454. The van der Waals surface area contributed by atoms with E-state index in [4.69, 9.17) is 0 Å². The smallest absolute Gasteiger partial charge is 0.274 e. The molecule has 2 rings (SSSR count). The summed E-state index contributed by atoms with van der Waals surface area (Å²) in [5, 5.41) is 4.36. The van der Waals surface area contributed by atoms with Crippen LogP contribution in [0, 0.1) is 0 Å². The highest BCUT2D eigenvalue weighted by Gasteiger charge is 2.21. The van der Waals surface area contributed by atoms with E-state index < -0.39 is 0 Å². The molecule has 2 heterocycles. The van der Waals surface area contributed by atoms with E-state index in [9.17, 15) is 4.79 Å². The summed E-state index contributed by atoms with van der Waals surface area (Å²) < 4.78 is 1.84. The molecule has 0 aromatic carbocycles. The zero-order valence-electron chi connectivity index (χ0n) is 12.3. The van der Waals surface area contributed by atoms with Crippen LogP contribution >= 0.6 is 0 Å². The van der Waals surface area contributed by atoms with Crippen molar-refractivity contribution in [3.8, 4) is 0 Å². The van der Waals surface area contributed by atoms with Crippen molar-refractivity contribution in [1.29, 1.82) is 0 Å². The van der Waals surface area contributed by atoms with E-state index >= 15 is 0 Å². The van der Waals surface area contributed by atoms with E-state index in [1.54, 1.807) is 0 Å². The molecule has 0 bridgehead atoms. The largest absolute Gasteiger partial charge is 0.336 e. The molecule has 1 aliphatic rings. The van der Waals surface area contributed by atoms with Gasteiger partial charge in [-0.15, -0.1) is 6.58 Å². The second-order valence-electron chi connectivity index (χ2n) is 5.20. The molecule has 20 heavy (non-hydrogen) atoms. The molecule has 1 aromatic heterocycles. The molecular weight excluding hydrogens is 252 g/mol. The Morgan fingerprint density at radius 2 is 2.25 bits per heavy atom. The maximum atomic E-state index is 12.4. The third-order valence-corrected chi connectivity index (χ3v) is 3.58. The van der Waals surface area contributed by atoms with Gasteiger partial charge in [0.05, 0.1) is 0 Å². The van der Waals surface area contributed by atoms with Gasteiger partial charge in [0.1, 0.15) is 5.69 Å².